The predicted molar refractivity (Wildman–Crippen MR) is 112 cm³/mol. The Bertz CT molecular complexity index is 817. The minimum absolute atomic E-state index is 0.176. The number of carbonyl (C=O) groups excluding carboxylic acids is 1. The number of hydrogen-bond acceptors (Lipinski definition) is 5. The van der Waals surface area contributed by atoms with E-state index < -0.39 is 0 Å². The van der Waals surface area contributed by atoms with Gasteiger partial charge in [0.25, 0.3) is 0 Å². The van der Waals surface area contributed by atoms with Gasteiger partial charge in [0, 0.05) is 32.5 Å². The maximum absolute atomic E-state index is 11.3. The molecule has 2 aromatic rings. The SMILES string of the molecule is CC(=O)C[C@@H](C)c1ccc(O[C@@H]2CCN(c3cccc(N4CCC4)n3)C2)cc1. The molecule has 2 aliphatic heterocycles. The second-order valence-electron chi connectivity index (χ2n) is 8.05. The van der Waals surface area contributed by atoms with Crippen LogP contribution in [0.3, 0.4) is 0 Å². The molecule has 0 N–H and O–H groups in total. The summed E-state index contributed by atoms with van der Waals surface area (Å²) < 4.78 is 6.21. The van der Waals surface area contributed by atoms with Gasteiger partial charge in [-0.1, -0.05) is 25.1 Å². The standard InChI is InChI=1S/C23H29N3O2/c1-17(15-18(2)27)19-7-9-20(10-8-19)28-21-11-14-26(16-21)23-6-3-5-22(24-23)25-12-4-13-25/h3,5-10,17,21H,4,11-16H2,1-2H3/t17-,21-/m1/s1. The molecular formula is C23H29N3O2. The number of anilines is 2. The smallest absolute Gasteiger partial charge is 0.131 e. The van der Waals surface area contributed by atoms with E-state index in [1.165, 1.54) is 12.0 Å². The van der Waals surface area contributed by atoms with E-state index in [4.69, 9.17) is 9.72 Å². The average molecular weight is 380 g/mol. The summed E-state index contributed by atoms with van der Waals surface area (Å²) in [5.41, 5.74) is 1.18. The summed E-state index contributed by atoms with van der Waals surface area (Å²) in [6.45, 7) is 7.79. The first kappa shape index (κ1) is 18.8. The molecule has 3 heterocycles. The number of hydrogen-bond donors (Lipinski definition) is 0. The normalized spacial score (nSPS) is 20.0. The summed E-state index contributed by atoms with van der Waals surface area (Å²) in [7, 11) is 0. The van der Waals surface area contributed by atoms with Gasteiger partial charge in [-0.3, -0.25) is 0 Å². The highest BCUT2D eigenvalue weighted by Crippen LogP contribution is 2.27. The number of ether oxygens (including phenoxy) is 1. The van der Waals surface area contributed by atoms with Crippen LogP contribution in [0.2, 0.25) is 0 Å². The van der Waals surface area contributed by atoms with E-state index in [9.17, 15) is 4.79 Å². The minimum Gasteiger partial charge on any atom is -0.489 e. The first-order valence-corrected chi connectivity index (χ1v) is 10.3. The third kappa shape index (κ3) is 4.29. The molecular weight excluding hydrogens is 350 g/mol. The first-order chi connectivity index (χ1) is 13.6. The van der Waals surface area contributed by atoms with Crippen molar-refractivity contribution < 1.29 is 9.53 Å². The van der Waals surface area contributed by atoms with Crippen molar-refractivity contribution in [3.8, 4) is 5.75 Å². The van der Waals surface area contributed by atoms with E-state index in [0.29, 0.717) is 6.42 Å². The Kier molecular flexibility index (Phi) is 5.51. The van der Waals surface area contributed by atoms with E-state index in [1.807, 2.05) is 12.1 Å². The summed E-state index contributed by atoms with van der Waals surface area (Å²) in [6.07, 6.45) is 3.02. The molecule has 2 atom stereocenters. The molecule has 2 saturated heterocycles. The average Bonchev–Trinajstić information content (AvgIpc) is 3.09. The fraction of sp³-hybridized carbons (Fsp3) is 0.478. The topological polar surface area (TPSA) is 45.7 Å². The second-order valence-corrected chi connectivity index (χ2v) is 8.05. The Labute approximate surface area is 167 Å². The molecule has 0 bridgehead atoms. The van der Waals surface area contributed by atoms with Gasteiger partial charge in [-0.15, -0.1) is 0 Å². The van der Waals surface area contributed by atoms with Crippen LogP contribution in [0.5, 0.6) is 5.75 Å². The number of aromatic nitrogens is 1. The Morgan fingerprint density at radius 2 is 1.82 bits per heavy atom. The number of nitrogens with zero attached hydrogens (tertiary/aromatic N) is 3. The van der Waals surface area contributed by atoms with Crippen molar-refractivity contribution in [1.82, 2.24) is 4.98 Å². The molecule has 28 heavy (non-hydrogen) atoms. The molecule has 148 valence electrons. The summed E-state index contributed by atoms with van der Waals surface area (Å²) >= 11 is 0. The Hall–Kier alpha value is -2.56. The predicted octanol–water partition coefficient (Wildman–Crippen LogP) is 4.03. The molecule has 1 aromatic heterocycles. The van der Waals surface area contributed by atoms with E-state index in [2.05, 4.69) is 47.1 Å². The molecule has 2 fully saturated rings. The fourth-order valence-corrected chi connectivity index (χ4v) is 3.96. The van der Waals surface area contributed by atoms with Crippen LogP contribution in [-0.4, -0.2) is 43.1 Å². The van der Waals surface area contributed by atoms with E-state index in [1.54, 1.807) is 6.92 Å². The maximum Gasteiger partial charge on any atom is 0.131 e. The Morgan fingerprint density at radius 1 is 1.11 bits per heavy atom. The minimum atomic E-state index is 0.176. The zero-order valence-corrected chi connectivity index (χ0v) is 16.8. The molecule has 5 heteroatoms. The number of benzene rings is 1. The molecule has 0 unspecified atom stereocenters. The molecule has 0 aliphatic carbocycles. The molecule has 5 nitrogen and oxygen atoms in total. The van der Waals surface area contributed by atoms with E-state index >= 15 is 0 Å². The van der Waals surface area contributed by atoms with Gasteiger partial charge >= 0.3 is 0 Å². The van der Waals surface area contributed by atoms with Gasteiger partial charge < -0.3 is 19.3 Å². The van der Waals surface area contributed by atoms with Gasteiger partial charge in [0.1, 0.15) is 29.3 Å². The highest BCUT2D eigenvalue weighted by Gasteiger charge is 2.26. The van der Waals surface area contributed by atoms with Crippen LogP contribution in [0.25, 0.3) is 0 Å². The summed E-state index contributed by atoms with van der Waals surface area (Å²) in [5, 5.41) is 0. The van der Waals surface area contributed by atoms with Gasteiger partial charge in [0.15, 0.2) is 0 Å². The number of rotatable bonds is 7. The van der Waals surface area contributed by atoms with Crippen molar-refractivity contribution in [3.63, 3.8) is 0 Å². The molecule has 0 saturated carbocycles. The molecule has 0 spiro atoms. The molecule has 0 amide bonds. The van der Waals surface area contributed by atoms with Crippen molar-refractivity contribution in [3.05, 3.63) is 48.0 Å². The van der Waals surface area contributed by atoms with Crippen molar-refractivity contribution in [1.29, 1.82) is 0 Å². The summed E-state index contributed by atoms with van der Waals surface area (Å²) in [4.78, 5) is 20.8. The van der Waals surface area contributed by atoms with E-state index in [0.717, 1.165) is 50.0 Å². The molecule has 2 aliphatic rings. The van der Waals surface area contributed by atoms with E-state index in [-0.39, 0.29) is 17.8 Å². The number of Topliss-reactive ketones (excluding diaryl/α,β-unsaturated/α-hetero) is 1. The highest BCUT2D eigenvalue weighted by molar-refractivity contribution is 5.76. The fourth-order valence-electron chi connectivity index (χ4n) is 3.96. The zero-order chi connectivity index (χ0) is 19.5. The van der Waals surface area contributed by atoms with Crippen LogP contribution >= 0.6 is 0 Å². The van der Waals surface area contributed by atoms with Crippen LogP contribution in [-0.2, 0) is 4.79 Å². The Balaban J connectivity index is 1.34. The van der Waals surface area contributed by atoms with Crippen molar-refractivity contribution in [2.24, 2.45) is 0 Å². The molecule has 1 aromatic carbocycles. The largest absolute Gasteiger partial charge is 0.489 e. The van der Waals surface area contributed by atoms with Gasteiger partial charge in [0.05, 0.1) is 6.54 Å². The zero-order valence-electron chi connectivity index (χ0n) is 16.8. The van der Waals surface area contributed by atoms with Crippen LogP contribution in [0.1, 0.15) is 44.6 Å². The first-order valence-electron chi connectivity index (χ1n) is 10.3. The Morgan fingerprint density at radius 3 is 2.46 bits per heavy atom. The third-order valence-corrected chi connectivity index (χ3v) is 5.71. The monoisotopic (exact) mass is 379 g/mol. The molecule has 4 rings (SSSR count). The van der Waals surface area contributed by atoms with Gasteiger partial charge in [-0.2, -0.15) is 0 Å². The maximum atomic E-state index is 11.3. The number of pyridine rings is 1. The molecule has 0 radical (unpaired) electrons. The quantitative estimate of drug-likeness (QED) is 0.727. The summed E-state index contributed by atoms with van der Waals surface area (Å²) in [5.74, 6) is 3.50. The van der Waals surface area contributed by atoms with Crippen LogP contribution in [0, 0.1) is 0 Å². The number of carbonyl (C=O) groups is 1. The summed E-state index contributed by atoms with van der Waals surface area (Å²) in [6, 6.07) is 14.5. The van der Waals surface area contributed by atoms with Crippen molar-refractivity contribution >= 4 is 17.4 Å². The van der Waals surface area contributed by atoms with Gasteiger partial charge in [-0.25, -0.2) is 4.98 Å². The lowest BCUT2D eigenvalue weighted by molar-refractivity contribution is -0.117. The second kappa shape index (κ2) is 8.21. The van der Waals surface area contributed by atoms with Crippen molar-refractivity contribution in [2.45, 2.75) is 45.1 Å². The lowest BCUT2D eigenvalue weighted by atomic mass is 9.96. The van der Waals surface area contributed by atoms with Crippen LogP contribution in [0.4, 0.5) is 11.6 Å². The van der Waals surface area contributed by atoms with Crippen molar-refractivity contribution in [2.75, 3.05) is 36.0 Å². The number of ketones is 1. The highest BCUT2D eigenvalue weighted by atomic mass is 16.5. The lowest BCUT2D eigenvalue weighted by Crippen LogP contribution is -2.37. The van der Waals surface area contributed by atoms with Crippen LogP contribution in [0.15, 0.2) is 42.5 Å². The lowest BCUT2D eigenvalue weighted by Gasteiger charge is -2.32. The van der Waals surface area contributed by atoms with Gasteiger partial charge in [0.2, 0.25) is 0 Å². The van der Waals surface area contributed by atoms with Gasteiger partial charge in [-0.05, 0) is 49.1 Å². The van der Waals surface area contributed by atoms with Crippen LogP contribution < -0.4 is 14.5 Å². The third-order valence-electron chi connectivity index (χ3n) is 5.71.